The van der Waals surface area contributed by atoms with Crippen LogP contribution >= 0.6 is 0 Å². The first kappa shape index (κ1) is 16.8. The summed E-state index contributed by atoms with van der Waals surface area (Å²) >= 11 is 0. The van der Waals surface area contributed by atoms with Gasteiger partial charge in [-0.25, -0.2) is 13.8 Å². The molecule has 1 aromatic carbocycles. The van der Waals surface area contributed by atoms with Crippen LogP contribution in [0.5, 0.6) is 0 Å². The quantitative estimate of drug-likeness (QED) is 0.891. The second-order valence-corrected chi connectivity index (χ2v) is 6.09. The molecule has 1 aromatic rings. The molecule has 1 amide bonds. The van der Waals surface area contributed by atoms with Gasteiger partial charge >= 0.3 is 0 Å². The minimum atomic E-state index is -1.30. The zero-order valence-electron chi connectivity index (χ0n) is 13.5. The molecule has 8 heteroatoms. The highest BCUT2D eigenvalue weighted by Gasteiger charge is 2.54. The molecule has 3 rings (SSSR count). The lowest BCUT2D eigenvalue weighted by Gasteiger charge is -2.47. The van der Waals surface area contributed by atoms with Crippen molar-refractivity contribution in [3.63, 3.8) is 0 Å². The van der Waals surface area contributed by atoms with Crippen LogP contribution in [-0.2, 0) is 19.8 Å². The molecule has 0 aromatic heterocycles. The molecule has 0 unspecified atom stereocenters. The van der Waals surface area contributed by atoms with Gasteiger partial charge in [-0.1, -0.05) is 6.07 Å². The van der Waals surface area contributed by atoms with Crippen LogP contribution in [0.1, 0.15) is 12.0 Å². The Bertz CT molecular complexity index is 697. The monoisotopic (exact) mass is 339 g/mol. The Labute approximate surface area is 138 Å². The van der Waals surface area contributed by atoms with Crippen LogP contribution in [0.4, 0.5) is 8.78 Å². The van der Waals surface area contributed by atoms with Crippen LogP contribution in [0.25, 0.3) is 0 Å². The zero-order chi connectivity index (χ0) is 17.5. The maximum absolute atomic E-state index is 14.4. The summed E-state index contributed by atoms with van der Waals surface area (Å²) in [6.07, 6.45) is 0.00782. The van der Waals surface area contributed by atoms with Gasteiger partial charge in [-0.05, 0) is 12.5 Å². The number of halogens is 2. The third-order valence-corrected chi connectivity index (χ3v) is 4.65. The predicted molar refractivity (Wildman–Crippen MR) is 82.2 cm³/mol. The number of guanidine groups is 1. The van der Waals surface area contributed by atoms with Crippen LogP contribution < -0.4 is 5.73 Å². The molecular formula is C16H19F2N3O3. The van der Waals surface area contributed by atoms with Crippen molar-refractivity contribution in [2.45, 2.75) is 18.1 Å². The minimum absolute atomic E-state index is 0.0197. The second-order valence-electron chi connectivity index (χ2n) is 6.09. The molecule has 2 aliphatic heterocycles. The summed E-state index contributed by atoms with van der Waals surface area (Å²) in [4.78, 5) is 18.4. The minimum Gasteiger partial charge on any atom is -0.382 e. The number of fused-ring (bicyclic) bond motifs is 1. The van der Waals surface area contributed by atoms with Crippen LogP contribution in [0.2, 0.25) is 0 Å². The Morgan fingerprint density at radius 3 is 2.92 bits per heavy atom. The molecule has 6 nitrogen and oxygen atoms in total. The van der Waals surface area contributed by atoms with Gasteiger partial charge in [0.2, 0.25) is 5.91 Å². The Morgan fingerprint density at radius 1 is 1.50 bits per heavy atom. The van der Waals surface area contributed by atoms with E-state index >= 15 is 0 Å². The molecule has 130 valence electrons. The highest BCUT2D eigenvalue weighted by atomic mass is 19.1. The van der Waals surface area contributed by atoms with Crippen LogP contribution in [0.15, 0.2) is 23.2 Å². The summed E-state index contributed by atoms with van der Waals surface area (Å²) in [6, 6.07) is 3.21. The summed E-state index contributed by atoms with van der Waals surface area (Å²) in [6.45, 7) is 0.281. The van der Waals surface area contributed by atoms with E-state index in [1.807, 2.05) is 0 Å². The van der Waals surface area contributed by atoms with Gasteiger partial charge in [-0.3, -0.25) is 9.69 Å². The van der Waals surface area contributed by atoms with Gasteiger partial charge < -0.3 is 15.2 Å². The van der Waals surface area contributed by atoms with Gasteiger partial charge in [0.25, 0.3) is 0 Å². The number of hydrogen-bond acceptors (Lipinski definition) is 5. The summed E-state index contributed by atoms with van der Waals surface area (Å²) in [5.74, 6) is -2.43. The van der Waals surface area contributed by atoms with E-state index < -0.39 is 23.1 Å². The normalized spacial score (nSPS) is 30.1. The molecule has 0 saturated carbocycles. The largest absolute Gasteiger partial charge is 0.382 e. The Kier molecular flexibility index (Phi) is 4.27. The molecule has 2 aliphatic rings. The molecule has 1 saturated heterocycles. The first-order chi connectivity index (χ1) is 11.4. The smallest absolute Gasteiger partial charge is 0.235 e. The zero-order valence-corrected chi connectivity index (χ0v) is 13.5. The number of rotatable bonds is 3. The topological polar surface area (TPSA) is 77.2 Å². The fourth-order valence-corrected chi connectivity index (χ4v) is 3.38. The van der Waals surface area contributed by atoms with Crippen LogP contribution in [-0.4, -0.2) is 50.2 Å². The SMILES string of the molecule is COC[C@H]1C[C@H]2C(=O)N(C)C(N)=N[C@@]2(c2ccc(F)cc2F)CO1. The van der Waals surface area contributed by atoms with Crippen molar-refractivity contribution < 1.29 is 23.0 Å². The molecule has 1 fully saturated rings. The molecule has 0 radical (unpaired) electrons. The van der Waals surface area contributed by atoms with Crippen molar-refractivity contribution in [1.29, 1.82) is 0 Å². The average Bonchev–Trinajstić information content (AvgIpc) is 2.54. The van der Waals surface area contributed by atoms with Gasteiger partial charge in [0.1, 0.15) is 17.2 Å². The van der Waals surface area contributed by atoms with Crippen molar-refractivity contribution in [1.82, 2.24) is 4.90 Å². The third kappa shape index (κ3) is 2.55. The van der Waals surface area contributed by atoms with Gasteiger partial charge in [0, 0.05) is 25.8 Å². The average molecular weight is 339 g/mol. The second kappa shape index (κ2) is 6.10. The van der Waals surface area contributed by atoms with Crippen molar-refractivity contribution in [2.75, 3.05) is 27.4 Å². The van der Waals surface area contributed by atoms with Crippen molar-refractivity contribution in [3.05, 3.63) is 35.4 Å². The Balaban J connectivity index is 2.11. The summed E-state index contributed by atoms with van der Waals surface area (Å²) < 4.78 is 38.6. The van der Waals surface area contributed by atoms with Crippen LogP contribution in [0, 0.1) is 17.6 Å². The molecule has 0 aliphatic carbocycles. The number of amides is 1. The molecule has 0 bridgehead atoms. The Morgan fingerprint density at radius 2 is 2.25 bits per heavy atom. The predicted octanol–water partition coefficient (Wildman–Crippen LogP) is 0.998. The standard InChI is InChI=1S/C16H19F2N3O3/c1-21-14(22)12-6-10(7-23-2)24-8-16(12,20-15(21)19)11-4-3-9(17)5-13(11)18/h3-5,10,12H,6-8H2,1-2H3,(H2,19,20)/t10-,12+,16-/m1/s1. The van der Waals surface area contributed by atoms with Gasteiger partial charge in [0.15, 0.2) is 5.96 Å². The molecule has 2 heterocycles. The lowest BCUT2D eigenvalue weighted by atomic mass is 9.72. The fraction of sp³-hybridized carbons (Fsp3) is 0.500. The maximum atomic E-state index is 14.4. The molecule has 3 atom stereocenters. The highest BCUT2D eigenvalue weighted by Crippen LogP contribution is 2.45. The van der Waals surface area contributed by atoms with Gasteiger partial charge in [0.05, 0.1) is 25.2 Å². The summed E-state index contributed by atoms with van der Waals surface area (Å²) in [5, 5.41) is 0. The summed E-state index contributed by atoms with van der Waals surface area (Å²) in [7, 11) is 3.06. The van der Waals surface area contributed by atoms with Crippen molar-refractivity contribution in [3.8, 4) is 0 Å². The van der Waals surface area contributed by atoms with E-state index in [1.54, 1.807) is 0 Å². The number of carbonyl (C=O) groups excluding carboxylic acids is 1. The lowest BCUT2D eigenvalue weighted by molar-refractivity contribution is -0.148. The first-order valence-corrected chi connectivity index (χ1v) is 7.58. The summed E-state index contributed by atoms with van der Waals surface area (Å²) in [5.41, 5.74) is 4.66. The number of carbonyl (C=O) groups is 1. The van der Waals surface area contributed by atoms with E-state index in [1.165, 1.54) is 25.1 Å². The van der Waals surface area contributed by atoms with Crippen LogP contribution in [0.3, 0.4) is 0 Å². The molecule has 2 N–H and O–H groups in total. The maximum Gasteiger partial charge on any atom is 0.235 e. The number of benzene rings is 1. The van der Waals surface area contributed by atoms with Crippen molar-refractivity contribution >= 4 is 11.9 Å². The number of ether oxygens (including phenoxy) is 2. The molecule has 0 spiro atoms. The number of nitrogens with zero attached hydrogens (tertiary/aromatic N) is 2. The number of aliphatic imine (C=N–C) groups is 1. The van der Waals surface area contributed by atoms with E-state index in [4.69, 9.17) is 15.2 Å². The highest BCUT2D eigenvalue weighted by molar-refractivity contribution is 6.00. The molecule has 24 heavy (non-hydrogen) atoms. The van der Waals surface area contributed by atoms with E-state index in [0.717, 1.165) is 12.1 Å². The lowest BCUT2D eigenvalue weighted by Crippen LogP contribution is -2.60. The number of methoxy groups -OCH3 is 1. The third-order valence-electron chi connectivity index (χ3n) is 4.65. The van der Waals surface area contributed by atoms with E-state index in [9.17, 15) is 13.6 Å². The van der Waals surface area contributed by atoms with E-state index in [2.05, 4.69) is 4.99 Å². The van der Waals surface area contributed by atoms with E-state index in [0.29, 0.717) is 13.0 Å². The fourth-order valence-electron chi connectivity index (χ4n) is 3.38. The molecular weight excluding hydrogens is 320 g/mol. The van der Waals surface area contributed by atoms with Crippen molar-refractivity contribution in [2.24, 2.45) is 16.6 Å². The first-order valence-electron chi connectivity index (χ1n) is 7.58. The van der Waals surface area contributed by atoms with Gasteiger partial charge in [-0.15, -0.1) is 0 Å². The Hall–Kier alpha value is -2.06. The van der Waals surface area contributed by atoms with Gasteiger partial charge in [-0.2, -0.15) is 0 Å². The number of nitrogens with two attached hydrogens (primary N) is 1. The van der Waals surface area contributed by atoms with E-state index in [-0.39, 0.29) is 30.1 Å². The number of hydrogen-bond donors (Lipinski definition) is 1.